The van der Waals surface area contributed by atoms with Crippen molar-refractivity contribution in [3.8, 4) is 16.9 Å². The zero-order valence-corrected chi connectivity index (χ0v) is 11.8. The van der Waals surface area contributed by atoms with E-state index in [0.29, 0.717) is 27.8 Å². The van der Waals surface area contributed by atoms with Crippen molar-refractivity contribution in [2.75, 3.05) is 0 Å². The zero-order chi connectivity index (χ0) is 15.9. The van der Waals surface area contributed by atoms with Gasteiger partial charge in [-0.1, -0.05) is 6.07 Å². The van der Waals surface area contributed by atoms with Gasteiger partial charge in [-0.3, -0.25) is 0 Å². The average molecular weight is 314 g/mol. The number of carboxylic acids is 1. The van der Waals surface area contributed by atoms with E-state index in [2.05, 4.69) is 4.85 Å². The van der Waals surface area contributed by atoms with Crippen molar-refractivity contribution in [2.45, 2.75) is 0 Å². The molecule has 0 spiro atoms. The second kappa shape index (κ2) is 5.10. The third-order valence-electron chi connectivity index (χ3n) is 3.26. The molecule has 0 saturated carbocycles. The molecule has 2 aromatic carbocycles. The summed E-state index contributed by atoms with van der Waals surface area (Å²) in [6.07, 6.45) is 0. The van der Waals surface area contributed by atoms with E-state index < -0.39 is 5.97 Å². The highest BCUT2D eigenvalue weighted by Gasteiger charge is 2.14. The summed E-state index contributed by atoms with van der Waals surface area (Å²) in [5.74, 6) is -1.56. The average Bonchev–Trinajstić information content (AvgIpc) is 2.85. The van der Waals surface area contributed by atoms with Crippen LogP contribution in [0.25, 0.3) is 26.9 Å². The van der Waals surface area contributed by atoms with Crippen molar-refractivity contribution in [3.63, 3.8) is 0 Å². The molecule has 0 radical (unpaired) electrons. The van der Waals surface area contributed by atoms with Crippen LogP contribution in [0.5, 0.6) is 5.75 Å². The van der Waals surface area contributed by atoms with Gasteiger partial charge in [0.15, 0.2) is 10.9 Å². The van der Waals surface area contributed by atoms with Gasteiger partial charge in [-0.15, -0.1) is 0 Å². The van der Waals surface area contributed by atoms with Gasteiger partial charge in [0, 0.05) is 11.5 Å². The standard InChI is InChI=1S/C16H8ClNO4/c1-18-9-5-11(12-7-15(17)22-14(12)6-9)8-2-3-10(16(20)21)13(19)4-8/h2-7,19H,(H,20,21). The molecule has 0 aliphatic rings. The molecule has 0 amide bonds. The molecule has 0 aliphatic heterocycles. The van der Waals surface area contributed by atoms with Gasteiger partial charge in [0.2, 0.25) is 0 Å². The van der Waals surface area contributed by atoms with E-state index in [1.807, 2.05) is 0 Å². The molecule has 0 aliphatic carbocycles. The van der Waals surface area contributed by atoms with Crippen LogP contribution in [0.1, 0.15) is 10.4 Å². The smallest absolute Gasteiger partial charge is 0.339 e. The second-order valence-electron chi connectivity index (χ2n) is 4.60. The highest BCUT2D eigenvalue weighted by atomic mass is 35.5. The predicted octanol–water partition coefficient (Wildman–Crippen LogP) is 4.71. The van der Waals surface area contributed by atoms with Crippen molar-refractivity contribution in [1.29, 1.82) is 0 Å². The lowest BCUT2D eigenvalue weighted by Gasteiger charge is -2.07. The summed E-state index contributed by atoms with van der Waals surface area (Å²) in [6.45, 7) is 7.14. The molecule has 6 heteroatoms. The normalized spacial score (nSPS) is 10.5. The SMILES string of the molecule is [C-]#[N+]c1cc(-c2ccc(C(=O)O)c(O)c2)c2cc(Cl)oc2c1. The summed E-state index contributed by atoms with van der Waals surface area (Å²) in [5.41, 5.74) is 1.82. The Balaban J connectivity index is 2.27. The van der Waals surface area contributed by atoms with Crippen molar-refractivity contribution in [3.05, 3.63) is 58.6 Å². The third-order valence-corrected chi connectivity index (χ3v) is 3.45. The molecule has 3 rings (SSSR count). The minimum absolute atomic E-state index is 0.185. The van der Waals surface area contributed by atoms with Gasteiger partial charge in [0.1, 0.15) is 16.9 Å². The van der Waals surface area contributed by atoms with Gasteiger partial charge in [0.05, 0.1) is 6.57 Å². The van der Waals surface area contributed by atoms with E-state index in [0.717, 1.165) is 0 Å². The first-order chi connectivity index (χ1) is 10.5. The maximum atomic E-state index is 11.0. The minimum atomic E-state index is -1.21. The summed E-state index contributed by atoms with van der Waals surface area (Å²) < 4.78 is 5.33. The summed E-state index contributed by atoms with van der Waals surface area (Å²) in [5, 5.41) is 19.7. The van der Waals surface area contributed by atoms with Crippen molar-refractivity contribution >= 4 is 34.2 Å². The molecule has 1 aromatic heterocycles. The maximum absolute atomic E-state index is 11.0. The molecule has 108 valence electrons. The molecule has 3 aromatic rings. The largest absolute Gasteiger partial charge is 0.507 e. The molecule has 0 atom stereocenters. The topological polar surface area (TPSA) is 75.0 Å². The summed E-state index contributed by atoms with van der Waals surface area (Å²) in [7, 11) is 0. The van der Waals surface area contributed by atoms with E-state index >= 15 is 0 Å². The fraction of sp³-hybridized carbons (Fsp3) is 0. The van der Waals surface area contributed by atoms with E-state index in [-0.39, 0.29) is 16.5 Å². The highest BCUT2D eigenvalue weighted by molar-refractivity contribution is 6.30. The lowest BCUT2D eigenvalue weighted by Crippen LogP contribution is -1.96. The summed E-state index contributed by atoms with van der Waals surface area (Å²) >= 11 is 5.86. The highest BCUT2D eigenvalue weighted by Crippen LogP contribution is 2.37. The number of benzene rings is 2. The Labute approximate surface area is 129 Å². The number of hydrogen-bond donors (Lipinski definition) is 2. The van der Waals surface area contributed by atoms with E-state index in [1.165, 1.54) is 12.1 Å². The Bertz CT molecular complexity index is 953. The number of fused-ring (bicyclic) bond motifs is 1. The maximum Gasteiger partial charge on any atom is 0.339 e. The van der Waals surface area contributed by atoms with Crippen molar-refractivity contribution in [1.82, 2.24) is 0 Å². The van der Waals surface area contributed by atoms with Crippen LogP contribution in [-0.2, 0) is 0 Å². The molecular formula is C16H8ClNO4. The second-order valence-corrected chi connectivity index (χ2v) is 4.98. The fourth-order valence-corrected chi connectivity index (χ4v) is 2.47. The van der Waals surface area contributed by atoms with Gasteiger partial charge in [0.25, 0.3) is 0 Å². The van der Waals surface area contributed by atoms with Gasteiger partial charge in [-0.25, -0.2) is 9.64 Å². The molecule has 22 heavy (non-hydrogen) atoms. The first-order valence-corrected chi connectivity index (χ1v) is 6.54. The van der Waals surface area contributed by atoms with Gasteiger partial charge in [-0.2, -0.15) is 0 Å². The molecule has 2 N–H and O–H groups in total. The number of hydrogen-bond acceptors (Lipinski definition) is 3. The zero-order valence-electron chi connectivity index (χ0n) is 11.0. The van der Waals surface area contributed by atoms with Crippen molar-refractivity contribution in [2.24, 2.45) is 0 Å². The Morgan fingerprint density at radius 3 is 2.64 bits per heavy atom. The van der Waals surface area contributed by atoms with Crippen LogP contribution in [-0.4, -0.2) is 16.2 Å². The molecule has 0 unspecified atom stereocenters. The van der Waals surface area contributed by atoms with Crippen LogP contribution < -0.4 is 0 Å². The number of furan rings is 1. The van der Waals surface area contributed by atoms with Crippen LogP contribution >= 0.6 is 11.6 Å². The number of carbonyl (C=O) groups is 1. The molecule has 5 nitrogen and oxygen atoms in total. The number of nitrogens with zero attached hydrogens (tertiary/aromatic N) is 1. The number of halogens is 1. The van der Waals surface area contributed by atoms with Gasteiger partial charge < -0.3 is 14.6 Å². The first kappa shape index (κ1) is 14.0. The summed E-state index contributed by atoms with van der Waals surface area (Å²) in [4.78, 5) is 14.3. The van der Waals surface area contributed by atoms with Crippen LogP contribution in [0.2, 0.25) is 5.22 Å². The van der Waals surface area contributed by atoms with Crippen molar-refractivity contribution < 1.29 is 19.4 Å². The number of aromatic hydroxyl groups is 1. The van der Waals surface area contributed by atoms with Crippen LogP contribution in [0, 0.1) is 6.57 Å². The van der Waals surface area contributed by atoms with Gasteiger partial charge in [-0.05, 0) is 47.0 Å². The van der Waals surface area contributed by atoms with E-state index in [9.17, 15) is 9.90 Å². The van der Waals surface area contributed by atoms with Crippen LogP contribution in [0.15, 0.2) is 40.8 Å². The minimum Gasteiger partial charge on any atom is -0.507 e. The van der Waals surface area contributed by atoms with E-state index in [4.69, 9.17) is 27.7 Å². The Kier molecular flexibility index (Phi) is 3.24. The Morgan fingerprint density at radius 1 is 1.23 bits per heavy atom. The molecule has 0 bridgehead atoms. The predicted molar refractivity (Wildman–Crippen MR) is 81.5 cm³/mol. The number of aromatic carboxylic acids is 1. The number of rotatable bonds is 2. The van der Waals surface area contributed by atoms with Gasteiger partial charge >= 0.3 is 5.97 Å². The lowest BCUT2D eigenvalue weighted by molar-refractivity contribution is 0.0694. The molecular weight excluding hydrogens is 306 g/mol. The monoisotopic (exact) mass is 313 g/mol. The van der Waals surface area contributed by atoms with Crippen LogP contribution in [0.4, 0.5) is 5.69 Å². The van der Waals surface area contributed by atoms with Crippen LogP contribution in [0.3, 0.4) is 0 Å². The Morgan fingerprint density at radius 2 is 2.00 bits per heavy atom. The summed E-state index contributed by atoms with van der Waals surface area (Å²) in [6, 6.07) is 9.03. The first-order valence-electron chi connectivity index (χ1n) is 6.17. The lowest BCUT2D eigenvalue weighted by atomic mass is 9.99. The molecule has 0 saturated heterocycles. The Hall–Kier alpha value is -2.97. The number of carboxylic acid groups (broad SMARTS) is 1. The molecule has 0 fully saturated rings. The van der Waals surface area contributed by atoms with E-state index in [1.54, 1.807) is 24.3 Å². The quantitative estimate of drug-likeness (QED) is 0.672. The molecule has 1 heterocycles. The number of phenols is 1. The fourth-order valence-electron chi connectivity index (χ4n) is 2.28. The third kappa shape index (κ3) is 2.26.